The molecule has 31 N–H and O–H groups in total. The Kier molecular flexibility index (Phi) is 68.2. The zero-order chi connectivity index (χ0) is 44.9. The number of rotatable bonds is 13. The standard InChI is InChI=1S/2C4H8N2O3.7C2H5NO2/c2*5-2(4(8)9)1-3(6)7;7*3-1-2(4)5/h2*2H,1,5H2,(H2,6,7)(H,8,9);7*1,3H2,(H,4,5). The second kappa shape index (κ2) is 52.6. The molecule has 0 aromatic rings. The normalized spacial score (nSPS) is 9.15. The van der Waals surface area contributed by atoms with Gasteiger partial charge < -0.3 is 109 Å². The maximum absolute atomic E-state index is 9.99. The summed E-state index contributed by atoms with van der Waals surface area (Å²) >= 11 is 0. The summed E-state index contributed by atoms with van der Waals surface area (Å²) in [5, 5.41) is 69.4. The van der Waals surface area contributed by atoms with Crippen LogP contribution in [0.5, 0.6) is 0 Å². The second-order valence-electron chi connectivity index (χ2n) is 7.42. The van der Waals surface area contributed by atoms with E-state index >= 15 is 0 Å². The molecule has 0 aliphatic heterocycles. The van der Waals surface area contributed by atoms with Crippen molar-refractivity contribution in [2.75, 3.05) is 45.8 Å². The molecule has 0 rings (SSSR count). The molecular formula is C22H51N11O20. The Balaban J connectivity index is -0.0000000595. The second-order valence-corrected chi connectivity index (χ2v) is 7.42. The molecule has 314 valence electrons. The molecule has 2 amide bonds. The summed E-state index contributed by atoms with van der Waals surface area (Å²) in [4.78, 5) is 104. The minimum absolute atomic E-state index is 0.278. The number of aliphatic carboxylic acids is 9. The van der Waals surface area contributed by atoms with Crippen LogP contribution in [-0.4, -0.2) is 169 Å². The van der Waals surface area contributed by atoms with Gasteiger partial charge in [0.15, 0.2) is 0 Å². The number of amides is 2. The van der Waals surface area contributed by atoms with Gasteiger partial charge in [-0.2, -0.15) is 0 Å². The van der Waals surface area contributed by atoms with Crippen LogP contribution in [0.2, 0.25) is 0 Å². The van der Waals surface area contributed by atoms with Gasteiger partial charge in [0.25, 0.3) is 0 Å². The molecule has 31 heteroatoms. The molecule has 2 unspecified atom stereocenters. The van der Waals surface area contributed by atoms with Crippen LogP contribution in [0.1, 0.15) is 12.8 Å². The van der Waals surface area contributed by atoms with E-state index < -0.39 is 77.6 Å². The summed E-state index contributed by atoms with van der Waals surface area (Å²) in [5.74, 6) is -10.6. The molecule has 0 fully saturated rings. The summed E-state index contributed by atoms with van der Waals surface area (Å²) in [6, 6.07) is -2.33. The summed E-state index contributed by atoms with van der Waals surface area (Å²) in [7, 11) is 0. The van der Waals surface area contributed by atoms with Gasteiger partial charge in [-0.05, 0) is 0 Å². The molecule has 0 spiro atoms. The topological polar surface area (TPSA) is 656 Å². The van der Waals surface area contributed by atoms with Gasteiger partial charge in [-0.15, -0.1) is 0 Å². The van der Waals surface area contributed by atoms with Crippen molar-refractivity contribution in [1.29, 1.82) is 0 Å². The maximum Gasteiger partial charge on any atom is 0.321 e. The molecule has 0 radical (unpaired) electrons. The highest BCUT2D eigenvalue weighted by Crippen LogP contribution is 1.85. The van der Waals surface area contributed by atoms with E-state index in [1.165, 1.54) is 0 Å². The van der Waals surface area contributed by atoms with E-state index in [4.69, 9.17) is 57.4 Å². The third kappa shape index (κ3) is 155. The van der Waals surface area contributed by atoms with Gasteiger partial charge in [0.2, 0.25) is 11.8 Å². The molecule has 53 heavy (non-hydrogen) atoms. The predicted molar refractivity (Wildman–Crippen MR) is 176 cm³/mol. The minimum atomic E-state index is -1.21. The molecule has 0 aliphatic carbocycles. The summed E-state index contributed by atoms with van der Waals surface area (Å²) in [5.41, 5.74) is 51.1. The lowest BCUT2D eigenvalue weighted by molar-refractivity contribution is -0.140. The summed E-state index contributed by atoms with van der Waals surface area (Å²) in [6.45, 7) is -1.94. The number of primary amides is 2. The summed E-state index contributed by atoms with van der Waals surface area (Å²) in [6.07, 6.45) is -0.620. The zero-order valence-corrected chi connectivity index (χ0v) is 27.9. The van der Waals surface area contributed by atoms with Crippen molar-refractivity contribution in [3.8, 4) is 0 Å². The van der Waals surface area contributed by atoms with Crippen LogP contribution >= 0.6 is 0 Å². The smallest absolute Gasteiger partial charge is 0.321 e. The van der Waals surface area contributed by atoms with Crippen LogP contribution < -0.4 is 63.1 Å². The molecular weight excluding hydrogens is 738 g/mol. The van der Waals surface area contributed by atoms with Gasteiger partial charge in [0, 0.05) is 0 Å². The van der Waals surface area contributed by atoms with Crippen molar-refractivity contribution < 1.29 is 98.7 Å². The molecule has 0 bridgehead atoms. The maximum atomic E-state index is 9.99. The number of carboxylic acid groups (broad SMARTS) is 9. The molecule has 0 saturated carbocycles. The average Bonchev–Trinajstić information content (AvgIpc) is 3.05. The van der Waals surface area contributed by atoms with E-state index in [2.05, 4.69) is 51.6 Å². The van der Waals surface area contributed by atoms with E-state index in [0.29, 0.717) is 0 Å². The van der Waals surface area contributed by atoms with Gasteiger partial charge in [0.1, 0.15) is 12.1 Å². The van der Waals surface area contributed by atoms with Crippen LogP contribution in [0.25, 0.3) is 0 Å². The van der Waals surface area contributed by atoms with Crippen molar-refractivity contribution in [2.45, 2.75) is 24.9 Å². The Labute approximate surface area is 298 Å². The number of carbonyl (C=O) groups excluding carboxylic acids is 2. The molecule has 0 saturated heterocycles. The van der Waals surface area contributed by atoms with Crippen LogP contribution in [0.4, 0.5) is 0 Å². The first-order valence-corrected chi connectivity index (χ1v) is 12.9. The van der Waals surface area contributed by atoms with Gasteiger partial charge in [-0.1, -0.05) is 0 Å². The van der Waals surface area contributed by atoms with E-state index in [1.54, 1.807) is 0 Å². The Morgan fingerprint density at radius 3 is 0.434 bits per heavy atom. The van der Waals surface area contributed by atoms with Crippen LogP contribution in [0, 0.1) is 0 Å². The minimum Gasteiger partial charge on any atom is -0.480 e. The third-order valence-corrected chi connectivity index (χ3v) is 2.70. The Bertz CT molecular complexity index is 894. The average molecular weight is 790 g/mol. The zero-order valence-electron chi connectivity index (χ0n) is 27.9. The number of hydrogen-bond donors (Lipinski definition) is 20. The van der Waals surface area contributed by atoms with Gasteiger partial charge >= 0.3 is 53.7 Å². The highest BCUT2D eigenvalue weighted by molar-refractivity contribution is 5.83. The number of carboxylic acids is 9. The molecule has 0 aliphatic rings. The number of hydrogen-bond acceptors (Lipinski definition) is 20. The van der Waals surface area contributed by atoms with Crippen LogP contribution in [-0.2, 0) is 52.7 Å². The monoisotopic (exact) mass is 789 g/mol. The molecule has 0 aromatic carbocycles. The highest BCUT2D eigenvalue weighted by Gasteiger charge is 2.13. The molecule has 31 nitrogen and oxygen atoms in total. The lowest BCUT2D eigenvalue weighted by Crippen LogP contribution is -2.34. The number of carbonyl (C=O) groups is 11. The van der Waals surface area contributed by atoms with Crippen molar-refractivity contribution in [2.24, 2.45) is 63.1 Å². The quantitative estimate of drug-likeness (QED) is 0.0823. The van der Waals surface area contributed by atoms with E-state index in [0.717, 1.165) is 0 Å². The molecule has 0 aromatic heterocycles. The lowest BCUT2D eigenvalue weighted by Gasteiger charge is -1.99. The first-order valence-electron chi connectivity index (χ1n) is 12.9. The summed E-state index contributed by atoms with van der Waals surface area (Å²) < 4.78 is 0. The lowest BCUT2D eigenvalue weighted by atomic mass is 10.2. The predicted octanol–water partition coefficient (Wildman–Crippen LogP) is -10.2. The first kappa shape index (κ1) is 68.7. The highest BCUT2D eigenvalue weighted by atomic mass is 16.4. The molecule has 0 heterocycles. The van der Waals surface area contributed by atoms with Crippen molar-refractivity contribution in [3.05, 3.63) is 0 Å². The first-order chi connectivity index (χ1) is 24.0. The fourth-order valence-electron chi connectivity index (χ4n) is 0.608. The fourth-order valence-corrected chi connectivity index (χ4v) is 0.608. The fraction of sp³-hybridized carbons (Fsp3) is 0.500. The largest absolute Gasteiger partial charge is 0.480 e. The van der Waals surface area contributed by atoms with E-state index in [9.17, 15) is 52.7 Å². The van der Waals surface area contributed by atoms with Crippen molar-refractivity contribution in [3.63, 3.8) is 0 Å². The van der Waals surface area contributed by atoms with Gasteiger partial charge in [-0.25, -0.2) is 0 Å². The number of nitrogens with two attached hydrogens (primary N) is 11. The van der Waals surface area contributed by atoms with Crippen LogP contribution in [0.15, 0.2) is 0 Å². The third-order valence-electron chi connectivity index (χ3n) is 2.70. The van der Waals surface area contributed by atoms with Crippen molar-refractivity contribution >= 4 is 65.5 Å². The van der Waals surface area contributed by atoms with Gasteiger partial charge in [-0.3, -0.25) is 52.7 Å². The van der Waals surface area contributed by atoms with Gasteiger partial charge in [0.05, 0.1) is 58.7 Å². The Hall–Kier alpha value is -6.19. The SMILES string of the molecule is NC(=O)CC(N)C(=O)O.NC(=O)CC(N)C(=O)O.NCC(=O)O.NCC(=O)O.NCC(=O)O.NCC(=O)O.NCC(=O)O.NCC(=O)O.NCC(=O)O. The Morgan fingerprint density at radius 1 is 0.321 bits per heavy atom. The van der Waals surface area contributed by atoms with E-state index in [-0.39, 0.29) is 58.7 Å². The van der Waals surface area contributed by atoms with Crippen LogP contribution in [0.3, 0.4) is 0 Å². The Morgan fingerprint density at radius 2 is 0.415 bits per heavy atom. The van der Waals surface area contributed by atoms with Crippen molar-refractivity contribution in [1.82, 2.24) is 0 Å². The molecule has 2 atom stereocenters. The van der Waals surface area contributed by atoms with E-state index in [1.807, 2.05) is 0 Å².